The Kier molecular flexibility index (Phi) is 4.47. The van der Waals surface area contributed by atoms with Crippen LogP contribution in [0.25, 0.3) is 0 Å². The number of rotatable bonds is 5. The van der Waals surface area contributed by atoms with Gasteiger partial charge in [0.05, 0.1) is 23.7 Å². The molecule has 128 valence electrons. The maximum Gasteiger partial charge on any atom is 0.404 e. The molecule has 0 fully saturated rings. The van der Waals surface area contributed by atoms with Crippen molar-refractivity contribution in [3.8, 4) is 0 Å². The number of fused-ring (bicyclic) bond motifs is 1. The molecule has 2 N–H and O–H groups in total. The number of carboxylic acid groups (broad SMARTS) is 1. The Balaban J connectivity index is 1.80. The van der Waals surface area contributed by atoms with Crippen molar-refractivity contribution in [2.45, 2.75) is 12.5 Å². The van der Waals surface area contributed by atoms with Gasteiger partial charge in [-0.3, -0.25) is 14.5 Å². The molecule has 3 rings (SSSR count). The molecule has 2 aromatic carbocycles. The highest BCUT2D eigenvalue weighted by Crippen LogP contribution is 2.23. The lowest BCUT2D eigenvalue weighted by atomic mass is 10.1. The van der Waals surface area contributed by atoms with E-state index in [4.69, 9.17) is 5.11 Å². The number of carbonyl (C=O) groups is 3. The van der Waals surface area contributed by atoms with Gasteiger partial charge in [0.15, 0.2) is 0 Å². The first-order valence-electron chi connectivity index (χ1n) is 7.65. The highest BCUT2D eigenvalue weighted by atomic mass is 19.1. The normalized spacial score (nSPS) is 14.4. The maximum atomic E-state index is 13.3. The lowest BCUT2D eigenvalue weighted by molar-refractivity contribution is 0.0636. The third-order valence-corrected chi connectivity index (χ3v) is 3.98. The van der Waals surface area contributed by atoms with Gasteiger partial charge in [-0.25, -0.2) is 9.18 Å². The van der Waals surface area contributed by atoms with Crippen LogP contribution < -0.4 is 5.32 Å². The number of nitrogens with one attached hydrogen (secondary N) is 1. The fraction of sp³-hybridized carbons (Fsp3) is 0.167. The SMILES string of the molecule is O=C(O)N[C@@H](Cc1cccc(F)c1)CN1C(=O)c2ccccc2C1=O. The van der Waals surface area contributed by atoms with Gasteiger partial charge in [-0.1, -0.05) is 24.3 Å². The molecular weight excluding hydrogens is 327 g/mol. The molecule has 1 heterocycles. The van der Waals surface area contributed by atoms with Crippen molar-refractivity contribution >= 4 is 17.9 Å². The van der Waals surface area contributed by atoms with Gasteiger partial charge in [0.1, 0.15) is 5.82 Å². The van der Waals surface area contributed by atoms with E-state index < -0.39 is 29.8 Å². The smallest absolute Gasteiger partial charge is 0.404 e. The summed E-state index contributed by atoms with van der Waals surface area (Å²) in [4.78, 5) is 36.9. The van der Waals surface area contributed by atoms with Crippen LogP contribution in [0.3, 0.4) is 0 Å². The molecule has 1 aliphatic heterocycles. The second kappa shape index (κ2) is 6.72. The van der Waals surface area contributed by atoms with Gasteiger partial charge < -0.3 is 10.4 Å². The number of benzene rings is 2. The van der Waals surface area contributed by atoms with Gasteiger partial charge in [0, 0.05) is 0 Å². The molecule has 1 atom stereocenters. The van der Waals surface area contributed by atoms with Crippen molar-refractivity contribution in [3.05, 3.63) is 71.0 Å². The Morgan fingerprint density at radius 1 is 1.08 bits per heavy atom. The van der Waals surface area contributed by atoms with Gasteiger partial charge >= 0.3 is 6.09 Å². The first kappa shape index (κ1) is 16.6. The Labute approximate surface area is 142 Å². The summed E-state index contributed by atoms with van der Waals surface area (Å²) in [5.41, 5.74) is 1.16. The third-order valence-electron chi connectivity index (χ3n) is 3.98. The fourth-order valence-electron chi connectivity index (χ4n) is 2.91. The molecule has 25 heavy (non-hydrogen) atoms. The molecule has 0 radical (unpaired) electrons. The lowest BCUT2D eigenvalue weighted by Gasteiger charge is -2.22. The van der Waals surface area contributed by atoms with Gasteiger partial charge in [-0.05, 0) is 36.2 Å². The zero-order valence-electron chi connectivity index (χ0n) is 13.1. The molecule has 0 saturated carbocycles. The minimum atomic E-state index is -1.28. The molecule has 0 spiro atoms. The molecule has 0 aromatic heterocycles. The van der Waals surface area contributed by atoms with Crippen molar-refractivity contribution in [1.82, 2.24) is 10.2 Å². The van der Waals surface area contributed by atoms with Crippen LogP contribution in [0, 0.1) is 5.82 Å². The van der Waals surface area contributed by atoms with Crippen molar-refractivity contribution in [3.63, 3.8) is 0 Å². The molecule has 6 nitrogen and oxygen atoms in total. The van der Waals surface area contributed by atoms with E-state index in [1.807, 2.05) is 0 Å². The molecule has 0 unspecified atom stereocenters. The van der Waals surface area contributed by atoms with E-state index in [9.17, 15) is 18.8 Å². The Morgan fingerprint density at radius 2 is 1.72 bits per heavy atom. The van der Waals surface area contributed by atoms with E-state index in [1.54, 1.807) is 30.3 Å². The zero-order chi connectivity index (χ0) is 18.0. The van der Waals surface area contributed by atoms with Crippen LogP contribution in [0.2, 0.25) is 0 Å². The summed E-state index contributed by atoms with van der Waals surface area (Å²) in [7, 11) is 0. The summed E-state index contributed by atoms with van der Waals surface area (Å²) < 4.78 is 13.3. The second-order valence-corrected chi connectivity index (χ2v) is 5.75. The number of nitrogens with zero attached hydrogens (tertiary/aromatic N) is 1. The molecular formula is C18H15FN2O4. The predicted molar refractivity (Wildman–Crippen MR) is 86.9 cm³/mol. The maximum absolute atomic E-state index is 13.3. The Hall–Kier alpha value is -3.22. The van der Waals surface area contributed by atoms with Crippen molar-refractivity contribution in [1.29, 1.82) is 0 Å². The Bertz CT molecular complexity index is 817. The summed E-state index contributed by atoms with van der Waals surface area (Å²) in [5, 5.41) is 11.3. The summed E-state index contributed by atoms with van der Waals surface area (Å²) in [6, 6.07) is 11.4. The van der Waals surface area contributed by atoms with Gasteiger partial charge in [0.2, 0.25) is 0 Å². The van der Waals surface area contributed by atoms with Crippen LogP contribution in [0.5, 0.6) is 0 Å². The molecule has 7 heteroatoms. The van der Waals surface area contributed by atoms with Crippen LogP contribution in [0.15, 0.2) is 48.5 Å². The monoisotopic (exact) mass is 342 g/mol. The summed E-state index contributed by atoms with van der Waals surface area (Å²) >= 11 is 0. The number of hydrogen-bond donors (Lipinski definition) is 2. The molecule has 3 amide bonds. The average Bonchev–Trinajstić information content (AvgIpc) is 2.80. The largest absolute Gasteiger partial charge is 0.465 e. The standard InChI is InChI=1S/C18H15FN2O4/c19-12-5-3-4-11(8-12)9-13(20-18(24)25)10-21-16(22)14-6-1-2-7-15(14)17(21)23/h1-8,13,20H,9-10H2,(H,24,25)/t13-/m0/s1. The van der Waals surface area contributed by atoms with E-state index in [2.05, 4.69) is 5.32 Å². The molecule has 1 aliphatic rings. The van der Waals surface area contributed by atoms with Crippen LogP contribution in [0.1, 0.15) is 26.3 Å². The predicted octanol–water partition coefficient (Wildman–Crippen LogP) is 2.30. The van der Waals surface area contributed by atoms with Crippen LogP contribution in [-0.2, 0) is 6.42 Å². The first-order chi connectivity index (χ1) is 12.0. The summed E-state index contributed by atoms with van der Waals surface area (Å²) in [5.74, 6) is -1.36. The van der Waals surface area contributed by atoms with Crippen molar-refractivity contribution < 1.29 is 23.9 Å². The topological polar surface area (TPSA) is 86.7 Å². The zero-order valence-corrected chi connectivity index (χ0v) is 13.1. The number of amides is 3. The second-order valence-electron chi connectivity index (χ2n) is 5.75. The quantitative estimate of drug-likeness (QED) is 0.817. The van der Waals surface area contributed by atoms with Crippen LogP contribution in [0.4, 0.5) is 9.18 Å². The number of imide groups is 1. The van der Waals surface area contributed by atoms with E-state index in [0.29, 0.717) is 16.7 Å². The van der Waals surface area contributed by atoms with E-state index in [0.717, 1.165) is 4.90 Å². The van der Waals surface area contributed by atoms with Crippen molar-refractivity contribution in [2.75, 3.05) is 6.54 Å². The summed E-state index contributed by atoms with van der Waals surface area (Å²) in [6.07, 6.45) is -1.13. The third kappa shape index (κ3) is 3.50. The van der Waals surface area contributed by atoms with E-state index in [1.165, 1.54) is 18.2 Å². The Morgan fingerprint density at radius 3 is 2.28 bits per heavy atom. The highest BCUT2D eigenvalue weighted by Gasteiger charge is 2.36. The number of hydrogen-bond acceptors (Lipinski definition) is 3. The fourth-order valence-corrected chi connectivity index (χ4v) is 2.91. The van der Waals surface area contributed by atoms with Gasteiger partial charge in [-0.2, -0.15) is 0 Å². The lowest BCUT2D eigenvalue weighted by Crippen LogP contribution is -2.46. The minimum Gasteiger partial charge on any atom is -0.465 e. The first-order valence-corrected chi connectivity index (χ1v) is 7.65. The van der Waals surface area contributed by atoms with Crippen LogP contribution >= 0.6 is 0 Å². The number of carbonyl (C=O) groups excluding carboxylic acids is 2. The summed E-state index contributed by atoms with van der Waals surface area (Å²) in [6.45, 7) is -0.130. The van der Waals surface area contributed by atoms with Crippen molar-refractivity contribution in [2.24, 2.45) is 0 Å². The number of halogens is 1. The molecule has 0 saturated heterocycles. The molecule has 2 aromatic rings. The van der Waals surface area contributed by atoms with Crippen LogP contribution in [-0.4, -0.2) is 40.5 Å². The molecule has 0 aliphatic carbocycles. The minimum absolute atomic E-state index is 0.130. The average molecular weight is 342 g/mol. The van der Waals surface area contributed by atoms with Gasteiger partial charge in [0.25, 0.3) is 11.8 Å². The van der Waals surface area contributed by atoms with Gasteiger partial charge in [-0.15, -0.1) is 0 Å². The van der Waals surface area contributed by atoms with E-state index in [-0.39, 0.29) is 13.0 Å². The highest BCUT2D eigenvalue weighted by molar-refractivity contribution is 6.21. The molecule has 0 bridgehead atoms. The van der Waals surface area contributed by atoms with E-state index >= 15 is 0 Å².